The fourth-order valence-corrected chi connectivity index (χ4v) is 4.90. The minimum absolute atomic E-state index is 0.00496. The molecule has 3 heterocycles. The summed E-state index contributed by atoms with van der Waals surface area (Å²) in [6, 6.07) is 0.858. The molecule has 2 aliphatic heterocycles. The van der Waals surface area contributed by atoms with Crippen LogP contribution >= 0.6 is 0 Å². The van der Waals surface area contributed by atoms with E-state index in [1.54, 1.807) is 0 Å². The minimum atomic E-state index is -1.28. The van der Waals surface area contributed by atoms with Crippen molar-refractivity contribution in [3.05, 3.63) is 39.2 Å². The number of carboxylic acid groups (broad SMARTS) is 1. The second-order valence-corrected chi connectivity index (χ2v) is 9.26. The highest BCUT2D eigenvalue weighted by molar-refractivity contribution is 5.96. The fourth-order valence-electron chi connectivity index (χ4n) is 4.90. The Morgan fingerprint density at radius 1 is 1.27 bits per heavy atom. The molecular formula is C24H30FN3O5. The first-order chi connectivity index (χ1) is 15.7. The number of hydrogen-bond donors (Lipinski definition) is 2. The van der Waals surface area contributed by atoms with Crippen molar-refractivity contribution in [2.45, 2.75) is 64.9 Å². The molecule has 1 aromatic heterocycles. The van der Waals surface area contributed by atoms with Crippen LogP contribution in [-0.4, -0.2) is 46.8 Å². The molecule has 0 saturated carbocycles. The minimum Gasteiger partial charge on any atom is -0.477 e. The number of aromatic carboxylic acids is 1. The van der Waals surface area contributed by atoms with Gasteiger partial charge in [0.1, 0.15) is 24.4 Å². The van der Waals surface area contributed by atoms with Crippen molar-refractivity contribution >= 4 is 28.5 Å². The number of rotatable bonds is 6. The maximum Gasteiger partial charge on any atom is 0.341 e. The van der Waals surface area contributed by atoms with Crippen LogP contribution in [0.2, 0.25) is 0 Å². The van der Waals surface area contributed by atoms with Crippen molar-refractivity contribution in [2.24, 2.45) is 11.7 Å². The Bertz CT molecular complexity index is 1150. The highest BCUT2D eigenvalue weighted by Crippen LogP contribution is 2.37. The molecule has 178 valence electrons. The zero-order valence-electron chi connectivity index (χ0n) is 19.0. The molecule has 0 amide bonds. The maximum absolute atomic E-state index is 14.2. The Balaban J connectivity index is 1.66. The molecule has 1 saturated heterocycles. The number of carboxylic acids is 1. The van der Waals surface area contributed by atoms with Crippen molar-refractivity contribution in [3.8, 4) is 0 Å². The number of nitrogens with two attached hydrogens (primary N) is 1. The van der Waals surface area contributed by atoms with Gasteiger partial charge in [-0.25, -0.2) is 9.18 Å². The number of aromatic nitrogens is 1. The highest BCUT2D eigenvalue weighted by atomic mass is 19.1. The van der Waals surface area contributed by atoms with Gasteiger partial charge in [0.25, 0.3) is 0 Å². The van der Waals surface area contributed by atoms with E-state index in [9.17, 15) is 23.9 Å². The van der Waals surface area contributed by atoms with E-state index in [-0.39, 0.29) is 23.0 Å². The van der Waals surface area contributed by atoms with Crippen molar-refractivity contribution in [2.75, 3.05) is 18.0 Å². The molecule has 1 aromatic carbocycles. The summed E-state index contributed by atoms with van der Waals surface area (Å²) in [7, 11) is 0. The molecule has 0 radical (unpaired) electrons. The number of alkyl halides is 1. The number of aryl methyl sites for hydroxylation is 2. The van der Waals surface area contributed by atoms with E-state index in [0.29, 0.717) is 50.0 Å². The number of esters is 1. The van der Waals surface area contributed by atoms with Crippen LogP contribution in [0.3, 0.4) is 0 Å². The number of nitrogens with zero attached hydrogens (tertiary/aromatic N) is 2. The zero-order valence-corrected chi connectivity index (χ0v) is 19.0. The first-order valence-electron chi connectivity index (χ1n) is 11.4. The first kappa shape index (κ1) is 23.2. The number of anilines is 1. The molecule has 9 heteroatoms. The van der Waals surface area contributed by atoms with E-state index >= 15 is 0 Å². The summed E-state index contributed by atoms with van der Waals surface area (Å²) in [4.78, 5) is 38.7. The van der Waals surface area contributed by atoms with E-state index in [1.807, 2.05) is 18.4 Å². The third-order valence-corrected chi connectivity index (χ3v) is 6.74. The molecule has 0 aliphatic carbocycles. The van der Waals surface area contributed by atoms with Crippen molar-refractivity contribution in [3.63, 3.8) is 0 Å². The summed E-state index contributed by atoms with van der Waals surface area (Å²) in [6.07, 6.45) is 3.82. The van der Waals surface area contributed by atoms with E-state index < -0.39 is 30.1 Å². The first-order valence-corrected chi connectivity index (χ1v) is 11.4. The summed E-state index contributed by atoms with van der Waals surface area (Å²) < 4.78 is 21.6. The molecule has 3 N–H and O–H groups in total. The van der Waals surface area contributed by atoms with Crippen LogP contribution in [0, 0.1) is 5.92 Å². The van der Waals surface area contributed by atoms with Crippen molar-refractivity contribution in [1.82, 2.24) is 4.57 Å². The molecule has 2 aliphatic rings. The van der Waals surface area contributed by atoms with E-state index in [1.165, 1.54) is 12.3 Å². The van der Waals surface area contributed by atoms with Gasteiger partial charge in [-0.05, 0) is 24.8 Å². The highest BCUT2D eigenvalue weighted by Gasteiger charge is 2.30. The summed E-state index contributed by atoms with van der Waals surface area (Å²) in [5.41, 5.74) is 7.78. The molecule has 2 aromatic rings. The largest absolute Gasteiger partial charge is 0.477 e. The fraction of sp³-hybridized carbons (Fsp3) is 0.542. The topological polar surface area (TPSA) is 115 Å². The lowest BCUT2D eigenvalue weighted by molar-refractivity contribution is -0.152. The van der Waals surface area contributed by atoms with Crippen molar-refractivity contribution < 1.29 is 23.8 Å². The number of hydrogen-bond acceptors (Lipinski definition) is 6. The molecule has 8 nitrogen and oxygen atoms in total. The molecule has 1 fully saturated rings. The zero-order chi connectivity index (χ0) is 23.9. The smallest absolute Gasteiger partial charge is 0.341 e. The Morgan fingerprint density at radius 3 is 2.58 bits per heavy atom. The second kappa shape index (κ2) is 9.13. The number of piperidine rings is 1. The van der Waals surface area contributed by atoms with E-state index in [4.69, 9.17) is 10.5 Å². The number of carbonyl (C=O) groups is 2. The van der Waals surface area contributed by atoms with Crippen LogP contribution in [-0.2, 0) is 29.2 Å². The van der Waals surface area contributed by atoms with Gasteiger partial charge in [0.05, 0.1) is 5.52 Å². The van der Waals surface area contributed by atoms with Crippen LogP contribution < -0.4 is 16.1 Å². The standard InChI is InChI=1S/C24H30FN3O5/c1-13(2)19(26)24(32)33-15-5-8-27(9-6-15)20-14(11-25)10-17-21-16(20)4-3-7-28(21)12-18(22(17)29)23(30)31/h10,12-13,15,19H,3-9,11,26H2,1-2H3,(H,30,31)/t19-/m0/s1. The SMILES string of the molecule is CC(C)[C@H](N)C(=O)OC1CCN(c2c(CF)cc3c(=O)c(C(=O)O)cn4c3c2CCC4)CC1. The lowest BCUT2D eigenvalue weighted by Crippen LogP contribution is -2.43. The van der Waals surface area contributed by atoms with Gasteiger partial charge in [-0.15, -0.1) is 0 Å². The average Bonchev–Trinajstić information content (AvgIpc) is 2.80. The molecule has 0 unspecified atom stereocenters. The van der Waals surface area contributed by atoms with Gasteiger partial charge < -0.3 is 25.0 Å². The Labute approximate surface area is 191 Å². The van der Waals surface area contributed by atoms with Crippen LogP contribution in [0.1, 0.15) is 54.6 Å². The van der Waals surface area contributed by atoms with Gasteiger partial charge in [-0.1, -0.05) is 13.8 Å². The summed E-state index contributed by atoms with van der Waals surface area (Å²) in [5.74, 6) is -1.68. The van der Waals surface area contributed by atoms with E-state index in [0.717, 1.165) is 17.7 Å². The predicted octanol–water partition coefficient (Wildman–Crippen LogP) is 2.61. The van der Waals surface area contributed by atoms with Gasteiger partial charge in [0.2, 0.25) is 5.43 Å². The molecule has 33 heavy (non-hydrogen) atoms. The van der Waals surface area contributed by atoms with Crippen LogP contribution in [0.25, 0.3) is 10.9 Å². The maximum atomic E-state index is 14.2. The molecule has 4 rings (SSSR count). The van der Waals surface area contributed by atoms with Gasteiger partial charge in [0, 0.05) is 60.9 Å². The van der Waals surface area contributed by atoms with Gasteiger partial charge in [0.15, 0.2) is 0 Å². The van der Waals surface area contributed by atoms with Crippen LogP contribution in [0.15, 0.2) is 17.1 Å². The summed E-state index contributed by atoms with van der Waals surface area (Å²) in [6.45, 7) is 4.75. The van der Waals surface area contributed by atoms with Gasteiger partial charge in [-0.2, -0.15) is 0 Å². The quantitative estimate of drug-likeness (QED) is 0.638. The summed E-state index contributed by atoms with van der Waals surface area (Å²) >= 11 is 0. The molecule has 1 atom stereocenters. The average molecular weight is 460 g/mol. The number of ether oxygens (including phenoxy) is 1. The predicted molar refractivity (Wildman–Crippen MR) is 122 cm³/mol. The van der Waals surface area contributed by atoms with Gasteiger partial charge >= 0.3 is 11.9 Å². The number of carbonyl (C=O) groups excluding carboxylic acids is 1. The Hall–Kier alpha value is -2.94. The molecule has 0 spiro atoms. The monoisotopic (exact) mass is 459 g/mol. The lowest BCUT2D eigenvalue weighted by atomic mass is 9.93. The van der Waals surface area contributed by atoms with E-state index in [2.05, 4.69) is 4.90 Å². The Kier molecular flexibility index (Phi) is 6.43. The third-order valence-electron chi connectivity index (χ3n) is 6.74. The lowest BCUT2D eigenvalue weighted by Gasteiger charge is -2.37. The molecular weight excluding hydrogens is 429 g/mol. The summed E-state index contributed by atoms with van der Waals surface area (Å²) in [5, 5.41) is 9.69. The normalized spacial score (nSPS) is 17.4. The number of halogens is 1. The number of pyridine rings is 1. The molecule has 0 bridgehead atoms. The number of benzene rings is 1. The van der Waals surface area contributed by atoms with Crippen LogP contribution in [0.5, 0.6) is 0 Å². The van der Waals surface area contributed by atoms with Crippen molar-refractivity contribution in [1.29, 1.82) is 0 Å². The van der Waals surface area contributed by atoms with Crippen LogP contribution in [0.4, 0.5) is 10.1 Å². The Morgan fingerprint density at radius 2 is 1.97 bits per heavy atom. The second-order valence-electron chi connectivity index (χ2n) is 9.26. The van der Waals surface area contributed by atoms with Gasteiger partial charge in [-0.3, -0.25) is 9.59 Å². The third kappa shape index (κ3) is 4.21.